The zero-order valence-electron chi connectivity index (χ0n) is 10.6. The predicted octanol–water partition coefficient (Wildman–Crippen LogP) is 3.13. The number of aryl methyl sites for hydroxylation is 1. The molecule has 0 saturated heterocycles. The maximum absolute atomic E-state index is 11.4. The lowest BCUT2D eigenvalue weighted by atomic mass is 10.2. The van der Waals surface area contributed by atoms with Gasteiger partial charge in [-0.3, -0.25) is 4.98 Å². The Kier molecular flexibility index (Phi) is 4.50. The highest BCUT2D eigenvalue weighted by Crippen LogP contribution is 2.25. The molecule has 0 spiro atoms. The lowest BCUT2D eigenvalue weighted by molar-refractivity contribution is 0.0606. The summed E-state index contributed by atoms with van der Waals surface area (Å²) in [4.78, 5) is 20.3. The zero-order chi connectivity index (χ0) is 13.8. The maximum Gasteiger partial charge on any atom is 0.351 e. The minimum absolute atomic E-state index is 0.192. The van der Waals surface area contributed by atoms with Gasteiger partial charge in [-0.25, -0.2) is 9.78 Å². The van der Waals surface area contributed by atoms with Crippen molar-refractivity contribution in [3.05, 3.63) is 44.6 Å². The van der Waals surface area contributed by atoms with Crippen molar-refractivity contribution in [1.82, 2.24) is 9.97 Å². The van der Waals surface area contributed by atoms with Gasteiger partial charge in [-0.2, -0.15) is 0 Å². The van der Waals surface area contributed by atoms with Gasteiger partial charge < -0.3 is 4.74 Å². The second-order valence-corrected chi connectivity index (χ2v) is 5.35. The topological polar surface area (TPSA) is 52.1 Å². The molecule has 100 valence electrons. The summed E-state index contributed by atoms with van der Waals surface area (Å²) >= 11 is 7.15. The van der Waals surface area contributed by atoms with E-state index in [0.717, 1.165) is 17.1 Å². The van der Waals surface area contributed by atoms with Crippen molar-refractivity contribution in [2.45, 2.75) is 19.8 Å². The van der Waals surface area contributed by atoms with Crippen molar-refractivity contribution in [1.29, 1.82) is 0 Å². The molecule has 0 unspecified atom stereocenters. The molecule has 0 radical (unpaired) electrons. The number of carbonyl (C=O) groups excluding carboxylic acids is 1. The number of aromatic nitrogens is 2. The number of methoxy groups -OCH3 is 1. The lowest BCUT2D eigenvalue weighted by Crippen LogP contribution is -1.98. The molecule has 0 aromatic carbocycles. The first-order valence-corrected chi connectivity index (χ1v) is 7.00. The highest BCUT2D eigenvalue weighted by atomic mass is 35.5. The van der Waals surface area contributed by atoms with Gasteiger partial charge in [0.05, 0.1) is 7.11 Å². The van der Waals surface area contributed by atoms with Crippen LogP contribution in [0, 0.1) is 0 Å². The van der Waals surface area contributed by atoms with E-state index in [-0.39, 0.29) is 5.15 Å². The third-order valence-corrected chi connectivity index (χ3v) is 4.05. The van der Waals surface area contributed by atoms with Gasteiger partial charge in [-0.15, -0.1) is 11.3 Å². The van der Waals surface area contributed by atoms with Crippen LogP contribution in [0.25, 0.3) is 0 Å². The second-order valence-electron chi connectivity index (χ2n) is 3.91. The van der Waals surface area contributed by atoms with E-state index in [1.165, 1.54) is 24.0 Å². The molecule has 4 nitrogen and oxygen atoms in total. The van der Waals surface area contributed by atoms with Crippen molar-refractivity contribution in [2.24, 2.45) is 0 Å². The number of carbonyl (C=O) groups is 1. The summed E-state index contributed by atoms with van der Waals surface area (Å²) in [6.07, 6.45) is 3.37. The van der Waals surface area contributed by atoms with Crippen LogP contribution < -0.4 is 0 Å². The van der Waals surface area contributed by atoms with E-state index in [9.17, 15) is 4.79 Å². The summed E-state index contributed by atoms with van der Waals surface area (Å²) in [6, 6.07) is 4.00. The Labute approximate surface area is 120 Å². The van der Waals surface area contributed by atoms with Crippen molar-refractivity contribution in [2.75, 3.05) is 7.11 Å². The number of pyridine rings is 1. The molecule has 0 amide bonds. The third-order valence-electron chi connectivity index (χ3n) is 2.63. The Bertz CT molecular complexity index is 581. The van der Waals surface area contributed by atoms with Gasteiger partial charge in [-0.1, -0.05) is 24.6 Å². The number of esters is 1. The highest BCUT2D eigenvalue weighted by Gasteiger charge is 2.17. The molecular weight excluding hydrogens is 284 g/mol. The van der Waals surface area contributed by atoms with E-state index < -0.39 is 5.97 Å². The number of hydrogen-bond acceptors (Lipinski definition) is 5. The molecule has 2 aromatic heterocycles. The summed E-state index contributed by atoms with van der Waals surface area (Å²) in [5.41, 5.74) is 2.09. The molecule has 2 aromatic rings. The van der Waals surface area contributed by atoms with E-state index in [2.05, 4.69) is 21.6 Å². The van der Waals surface area contributed by atoms with Crippen LogP contribution >= 0.6 is 22.9 Å². The number of ether oxygens (including phenoxy) is 1. The maximum atomic E-state index is 11.4. The molecular formula is C13H13ClN2O2S. The summed E-state index contributed by atoms with van der Waals surface area (Å²) in [5.74, 6) is -0.456. The van der Waals surface area contributed by atoms with E-state index in [0.29, 0.717) is 11.3 Å². The van der Waals surface area contributed by atoms with Gasteiger partial charge in [0, 0.05) is 18.3 Å². The first-order valence-electron chi connectivity index (χ1n) is 5.81. The highest BCUT2D eigenvalue weighted by molar-refractivity contribution is 7.14. The number of hydrogen-bond donors (Lipinski definition) is 0. The lowest BCUT2D eigenvalue weighted by Gasteiger charge is -1.99. The molecule has 6 heteroatoms. The van der Waals surface area contributed by atoms with Crippen LogP contribution in [0.4, 0.5) is 0 Å². The average Bonchev–Trinajstić information content (AvgIpc) is 2.79. The van der Waals surface area contributed by atoms with Crippen LogP contribution in [0.1, 0.15) is 32.9 Å². The fourth-order valence-electron chi connectivity index (χ4n) is 1.56. The molecule has 0 aliphatic heterocycles. The number of thiazole rings is 1. The molecule has 0 bridgehead atoms. The van der Waals surface area contributed by atoms with Gasteiger partial charge in [0.1, 0.15) is 5.01 Å². The Hall–Kier alpha value is -1.46. The van der Waals surface area contributed by atoms with Crippen LogP contribution in [0.2, 0.25) is 5.15 Å². The fourth-order valence-corrected chi connectivity index (χ4v) is 2.80. The summed E-state index contributed by atoms with van der Waals surface area (Å²) < 4.78 is 4.64. The summed E-state index contributed by atoms with van der Waals surface area (Å²) in [5, 5.41) is 0.944. The second kappa shape index (κ2) is 6.12. The van der Waals surface area contributed by atoms with Crippen LogP contribution in [0.15, 0.2) is 18.3 Å². The fraction of sp³-hybridized carbons (Fsp3) is 0.308. The minimum atomic E-state index is -0.456. The minimum Gasteiger partial charge on any atom is -0.465 e. The SMILES string of the molecule is CCc1ccc(Cc2nc(Cl)c(C(=O)OC)s2)nc1. The molecule has 2 heterocycles. The largest absolute Gasteiger partial charge is 0.465 e. The van der Waals surface area contributed by atoms with Gasteiger partial charge in [0.25, 0.3) is 0 Å². The molecule has 0 aliphatic carbocycles. The van der Waals surface area contributed by atoms with E-state index >= 15 is 0 Å². The van der Waals surface area contributed by atoms with Crippen LogP contribution in [-0.4, -0.2) is 23.0 Å². The molecule has 2 rings (SSSR count). The van der Waals surface area contributed by atoms with Crippen molar-refractivity contribution < 1.29 is 9.53 Å². The number of nitrogens with zero attached hydrogens (tertiary/aromatic N) is 2. The van der Waals surface area contributed by atoms with E-state index in [1.54, 1.807) is 0 Å². The zero-order valence-corrected chi connectivity index (χ0v) is 12.2. The molecule has 0 saturated carbocycles. The van der Waals surface area contributed by atoms with Gasteiger partial charge in [0.2, 0.25) is 0 Å². The van der Waals surface area contributed by atoms with Gasteiger partial charge in [0.15, 0.2) is 10.0 Å². The summed E-state index contributed by atoms with van der Waals surface area (Å²) in [7, 11) is 1.32. The van der Waals surface area contributed by atoms with Gasteiger partial charge >= 0.3 is 5.97 Å². The van der Waals surface area contributed by atoms with Gasteiger partial charge in [-0.05, 0) is 18.1 Å². The Morgan fingerprint density at radius 2 is 2.26 bits per heavy atom. The van der Waals surface area contributed by atoms with Crippen LogP contribution in [-0.2, 0) is 17.6 Å². The third kappa shape index (κ3) is 3.30. The molecule has 0 fully saturated rings. The quantitative estimate of drug-likeness (QED) is 0.813. The molecule has 0 aliphatic rings. The first kappa shape index (κ1) is 14.0. The molecule has 0 atom stereocenters. The normalized spacial score (nSPS) is 10.5. The van der Waals surface area contributed by atoms with E-state index in [4.69, 9.17) is 11.6 Å². The molecule has 19 heavy (non-hydrogen) atoms. The number of rotatable bonds is 4. The van der Waals surface area contributed by atoms with Crippen molar-refractivity contribution in [3.8, 4) is 0 Å². The molecule has 0 N–H and O–H groups in total. The number of halogens is 1. The standard InChI is InChI=1S/C13H13ClN2O2S/c1-3-8-4-5-9(15-7-8)6-10-16-12(14)11(19-10)13(17)18-2/h4-5,7H,3,6H2,1-2H3. The Balaban J connectivity index is 2.16. The smallest absolute Gasteiger partial charge is 0.351 e. The summed E-state index contributed by atoms with van der Waals surface area (Å²) in [6.45, 7) is 2.08. The van der Waals surface area contributed by atoms with E-state index in [1.807, 2.05) is 18.3 Å². The average molecular weight is 297 g/mol. The van der Waals surface area contributed by atoms with Crippen LogP contribution in [0.5, 0.6) is 0 Å². The van der Waals surface area contributed by atoms with Crippen molar-refractivity contribution >= 4 is 28.9 Å². The monoisotopic (exact) mass is 296 g/mol. The first-order chi connectivity index (χ1) is 9.13. The predicted molar refractivity (Wildman–Crippen MR) is 74.9 cm³/mol. The Morgan fingerprint density at radius 3 is 2.84 bits per heavy atom. The van der Waals surface area contributed by atoms with Crippen molar-refractivity contribution in [3.63, 3.8) is 0 Å². The Morgan fingerprint density at radius 1 is 1.47 bits per heavy atom. The van der Waals surface area contributed by atoms with Crippen LogP contribution in [0.3, 0.4) is 0 Å².